The predicted molar refractivity (Wildman–Crippen MR) is 152 cm³/mol. The number of ether oxygens (including phenoxy) is 1. The molecule has 1 amide bonds. The second-order valence-corrected chi connectivity index (χ2v) is 11.6. The standard InChI is InChI=1S/C29H34ClN3O4S/c1-4-37-28-13-12-25(18-22(28)3)38(35,36)31-26(19-23-8-6-5-7-9-23)29(34)33-16-14-32(15-17-33)27-20-24(30)11-10-21(27)2/h5-13,18,20,26,31H,4,14-17,19H2,1-3H3. The van der Waals surface area contributed by atoms with Crippen LogP contribution in [0.2, 0.25) is 5.02 Å². The van der Waals surface area contributed by atoms with Gasteiger partial charge in [0, 0.05) is 36.9 Å². The lowest BCUT2D eigenvalue weighted by Crippen LogP contribution is -2.55. The first-order valence-corrected chi connectivity index (χ1v) is 14.6. The molecule has 3 aromatic rings. The third kappa shape index (κ3) is 6.67. The summed E-state index contributed by atoms with van der Waals surface area (Å²) in [6.45, 7) is 8.45. The van der Waals surface area contributed by atoms with Crippen LogP contribution in [0.25, 0.3) is 0 Å². The average Bonchev–Trinajstić information content (AvgIpc) is 2.91. The van der Waals surface area contributed by atoms with Gasteiger partial charge in [-0.15, -0.1) is 0 Å². The summed E-state index contributed by atoms with van der Waals surface area (Å²) in [5.74, 6) is 0.402. The van der Waals surface area contributed by atoms with E-state index in [4.69, 9.17) is 16.3 Å². The van der Waals surface area contributed by atoms with E-state index in [0.29, 0.717) is 49.1 Å². The quantitative estimate of drug-likeness (QED) is 0.418. The first-order valence-electron chi connectivity index (χ1n) is 12.8. The number of sulfonamides is 1. The summed E-state index contributed by atoms with van der Waals surface area (Å²) in [6.07, 6.45) is 0.253. The SMILES string of the molecule is CCOc1ccc(S(=O)(=O)NC(Cc2ccccc2)C(=O)N2CCN(c3cc(Cl)ccc3C)CC2)cc1C. The number of anilines is 1. The van der Waals surface area contributed by atoms with Crippen LogP contribution in [0.5, 0.6) is 5.75 Å². The fourth-order valence-electron chi connectivity index (χ4n) is 4.70. The van der Waals surface area contributed by atoms with Crippen LogP contribution in [-0.2, 0) is 21.2 Å². The Morgan fingerprint density at radius 3 is 2.34 bits per heavy atom. The topological polar surface area (TPSA) is 78.9 Å². The highest BCUT2D eigenvalue weighted by atomic mass is 35.5. The summed E-state index contributed by atoms with van der Waals surface area (Å²) in [7, 11) is -3.96. The third-order valence-corrected chi connectivity index (χ3v) is 8.44. The van der Waals surface area contributed by atoms with Gasteiger partial charge in [-0.1, -0.05) is 48.0 Å². The fourth-order valence-corrected chi connectivity index (χ4v) is 6.14. The van der Waals surface area contributed by atoms with Crippen molar-refractivity contribution in [3.8, 4) is 5.75 Å². The van der Waals surface area contributed by atoms with Gasteiger partial charge in [-0.2, -0.15) is 4.72 Å². The monoisotopic (exact) mass is 555 g/mol. The van der Waals surface area contributed by atoms with Crippen LogP contribution < -0.4 is 14.4 Å². The molecule has 1 heterocycles. The number of amides is 1. The minimum absolute atomic E-state index is 0.102. The molecule has 1 N–H and O–H groups in total. The molecule has 0 radical (unpaired) electrons. The van der Waals surface area contributed by atoms with Gasteiger partial charge in [0.2, 0.25) is 15.9 Å². The second-order valence-electron chi connectivity index (χ2n) is 9.47. The maximum absolute atomic E-state index is 13.7. The van der Waals surface area contributed by atoms with Crippen molar-refractivity contribution < 1.29 is 17.9 Å². The number of hydrogen-bond donors (Lipinski definition) is 1. The van der Waals surface area contributed by atoms with Gasteiger partial charge in [0.25, 0.3) is 0 Å². The summed E-state index contributed by atoms with van der Waals surface area (Å²) < 4.78 is 35.1. The number of piperazine rings is 1. The highest BCUT2D eigenvalue weighted by molar-refractivity contribution is 7.89. The van der Waals surface area contributed by atoms with E-state index >= 15 is 0 Å². The minimum atomic E-state index is -3.96. The minimum Gasteiger partial charge on any atom is -0.494 e. The van der Waals surface area contributed by atoms with Crippen molar-refractivity contribution in [1.82, 2.24) is 9.62 Å². The zero-order valence-electron chi connectivity index (χ0n) is 22.0. The molecule has 0 aliphatic carbocycles. The van der Waals surface area contributed by atoms with Gasteiger partial charge in [0.1, 0.15) is 11.8 Å². The summed E-state index contributed by atoms with van der Waals surface area (Å²) in [6, 6.07) is 19.1. The van der Waals surface area contributed by atoms with Crippen LogP contribution in [0.15, 0.2) is 71.6 Å². The molecule has 1 aliphatic rings. The highest BCUT2D eigenvalue weighted by Gasteiger charge is 2.32. The van der Waals surface area contributed by atoms with Crippen molar-refractivity contribution in [3.63, 3.8) is 0 Å². The molecule has 1 atom stereocenters. The molecule has 1 fully saturated rings. The molecule has 0 bridgehead atoms. The Kier molecular flexibility index (Phi) is 8.97. The van der Waals surface area contributed by atoms with Gasteiger partial charge in [-0.3, -0.25) is 4.79 Å². The molecule has 0 spiro atoms. The molecule has 202 valence electrons. The lowest BCUT2D eigenvalue weighted by molar-refractivity contribution is -0.133. The van der Waals surface area contributed by atoms with E-state index in [-0.39, 0.29) is 17.2 Å². The largest absolute Gasteiger partial charge is 0.494 e. The summed E-state index contributed by atoms with van der Waals surface area (Å²) in [5, 5.41) is 0.672. The van der Waals surface area contributed by atoms with Gasteiger partial charge in [-0.05, 0) is 74.2 Å². The normalized spacial score (nSPS) is 14.8. The molecule has 1 aliphatic heterocycles. The Hall–Kier alpha value is -3.07. The van der Waals surface area contributed by atoms with E-state index in [0.717, 1.165) is 16.8 Å². The number of nitrogens with zero attached hydrogens (tertiary/aromatic N) is 2. The Balaban J connectivity index is 1.53. The van der Waals surface area contributed by atoms with Gasteiger partial charge in [0.15, 0.2) is 0 Å². The van der Waals surface area contributed by atoms with Crippen molar-refractivity contribution in [2.75, 3.05) is 37.7 Å². The maximum Gasteiger partial charge on any atom is 0.241 e. The van der Waals surface area contributed by atoms with Crippen LogP contribution >= 0.6 is 11.6 Å². The molecule has 3 aromatic carbocycles. The molecule has 7 nitrogen and oxygen atoms in total. The van der Waals surface area contributed by atoms with E-state index in [9.17, 15) is 13.2 Å². The van der Waals surface area contributed by atoms with Gasteiger partial charge in [-0.25, -0.2) is 8.42 Å². The first-order chi connectivity index (χ1) is 18.2. The van der Waals surface area contributed by atoms with Crippen molar-refractivity contribution in [1.29, 1.82) is 0 Å². The van der Waals surface area contributed by atoms with E-state index < -0.39 is 16.1 Å². The van der Waals surface area contributed by atoms with Crippen LogP contribution in [0.3, 0.4) is 0 Å². The van der Waals surface area contributed by atoms with Crippen LogP contribution in [0, 0.1) is 13.8 Å². The molecular weight excluding hydrogens is 522 g/mol. The Morgan fingerprint density at radius 2 is 1.68 bits per heavy atom. The Bertz CT molecular complexity index is 1370. The van der Waals surface area contributed by atoms with Gasteiger partial charge >= 0.3 is 0 Å². The molecule has 1 unspecified atom stereocenters. The number of carbonyl (C=O) groups is 1. The van der Waals surface area contributed by atoms with E-state index in [1.54, 1.807) is 24.0 Å². The zero-order chi connectivity index (χ0) is 27.3. The Labute approximate surface area is 230 Å². The highest BCUT2D eigenvalue weighted by Crippen LogP contribution is 2.26. The number of hydrogen-bond acceptors (Lipinski definition) is 5. The number of nitrogens with one attached hydrogen (secondary N) is 1. The number of benzene rings is 3. The second kappa shape index (κ2) is 12.2. The lowest BCUT2D eigenvalue weighted by Gasteiger charge is -2.38. The number of halogens is 1. The molecule has 4 rings (SSSR count). The van der Waals surface area contributed by atoms with Crippen LogP contribution in [0.1, 0.15) is 23.6 Å². The maximum atomic E-state index is 13.7. The summed E-state index contributed by atoms with van der Waals surface area (Å²) in [4.78, 5) is 17.8. The molecule has 0 saturated carbocycles. The molecular formula is C29H34ClN3O4S. The lowest BCUT2D eigenvalue weighted by atomic mass is 10.1. The van der Waals surface area contributed by atoms with E-state index in [1.165, 1.54) is 6.07 Å². The van der Waals surface area contributed by atoms with Crippen LogP contribution in [-0.4, -0.2) is 58.1 Å². The third-order valence-electron chi connectivity index (χ3n) is 6.74. The van der Waals surface area contributed by atoms with Crippen LogP contribution in [0.4, 0.5) is 5.69 Å². The van der Waals surface area contributed by atoms with Gasteiger partial charge in [0.05, 0.1) is 11.5 Å². The molecule has 38 heavy (non-hydrogen) atoms. The number of aryl methyl sites for hydroxylation is 2. The van der Waals surface area contributed by atoms with E-state index in [1.807, 2.05) is 62.4 Å². The number of carbonyl (C=O) groups excluding carboxylic acids is 1. The van der Waals surface area contributed by atoms with Crippen molar-refractivity contribution in [3.05, 3.63) is 88.4 Å². The fraction of sp³-hybridized carbons (Fsp3) is 0.345. The van der Waals surface area contributed by atoms with Gasteiger partial charge < -0.3 is 14.5 Å². The molecule has 9 heteroatoms. The summed E-state index contributed by atoms with van der Waals surface area (Å²) in [5.41, 5.74) is 3.77. The predicted octanol–water partition coefficient (Wildman–Crippen LogP) is 4.59. The summed E-state index contributed by atoms with van der Waals surface area (Å²) >= 11 is 6.22. The zero-order valence-corrected chi connectivity index (χ0v) is 23.6. The first kappa shape index (κ1) is 28.0. The number of rotatable bonds is 9. The Morgan fingerprint density at radius 1 is 0.974 bits per heavy atom. The van der Waals surface area contributed by atoms with Crippen molar-refractivity contribution in [2.45, 2.75) is 38.1 Å². The average molecular weight is 556 g/mol. The molecule has 0 aromatic heterocycles. The van der Waals surface area contributed by atoms with Crippen molar-refractivity contribution in [2.24, 2.45) is 0 Å². The van der Waals surface area contributed by atoms with E-state index in [2.05, 4.69) is 9.62 Å². The molecule has 1 saturated heterocycles. The smallest absolute Gasteiger partial charge is 0.241 e. The van der Waals surface area contributed by atoms with Crippen molar-refractivity contribution >= 4 is 33.2 Å².